The van der Waals surface area contributed by atoms with Crippen molar-refractivity contribution in [1.82, 2.24) is 0 Å². The van der Waals surface area contributed by atoms with Crippen molar-refractivity contribution in [1.29, 1.82) is 0 Å². The van der Waals surface area contributed by atoms with E-state index in [1.807, 2.05) is 30.3 Å². The first-order valence-corrected chi connectivity index (χ1v) is 7.51. The maximum atomic E-state index is 11.9. The minimum Gasteiger partial charge on any atom is -0.456 e. The average molecular weight is 356 g/mol. The van der Waals surface area contributed by atoms with Gasteiger partial charge in [0.25, 0.3) is 0 Å². The summed E-state index contributed by atoms with van der Waals surface area (Å²) in [5, 5.41) is 0.111. The van der Waals surface area contributed by atoms with Crippen LogP contribution in [0, 0.1) is 0 Å². The van der Waals surface area contributed by atoms with Crippen LogP contribution >= 0.6 is 15.9 Å². The topological polar surface area (TPSA) is 65.0 Å². The first kappa shape index (κ1) is 17.4. The average Bonchev–Trinajstić information content (AvgIpc) is 2.41. The van der Waals surface area contributed by atoms with Crippen molar-refractivity contribution in [3.05, 3.63) is 35.9 Å². The molecule has 0 N–H and O–H groups in total. The molecule has 0 saturated carbocycles. The third kappa shape index (κ3) is 7.04. The molecule has 1 amide bonds. The number of halogens is 1. The Morgan fingerprint density at radius 2 is 1.81 bits per heavy atom. The number of amides is 1. The third-order valence-electron chi connectivity index (χ3n) is 2.19. The van der Waals surface area contributed by atoms with Crippen molar-refractivity contribution in [2.75, 3.05) is 5.33 Å². The molecule has 0 radical (unpaired) electrons. The number of benzene rings is 1. The second-order valence-electron chi connectivity index (χ2n) is 5.23. The number of hydrogen-bond donors (Lipinski definition) is 0. The molecule has 21 heavy (non-hydrogen) atoms. The predicted molar refractivity (Wildman–Crippen MR) is 83.7 cm³/mol. The minimum atomic E-state index is -0.811. The van der Waals surface area contributed by atoms with E-state index in [-0.39, 0.29) is 17.6 Å². The van der Waals surface area contributed by atoms with Gasteiger partial charge in [-0.05, 0) is 26.3 Å². The minimum absolute atomic E-state index is 0.0276. The van der Waals surface area contributed by atoms with Crippen LogP contribution in [0.2, 0.25) is 0 Å². The summed E-state index contributed by atoms with van der Waals surface area (Å²) >= 11 is 3.11. The van der Waals surface area contributed by atoms with Gasteiger partial charge in [0, 0.05) is 0 Å². The molecule has 0 aliphatic rings. The SMILES string of the molecule is CC(C)(C)OC(=O)N=C(CBr)C(=O)OCc1ccccc1. The van der Waals surface area contributed by atoms with E-state index in [0.717, 1.165) is 5.56 Å². The Bertz CT molecular complexity index is 520. The number of aliphatic imine (C=N–C) groups is 1. The fraction of sp³-hybridized carbons (Fsp3) is 0.400. The van der Waals surface area contributed by atoms with E-state index in [9.17, 15) is 9.59 Å². The second-order valence-corrected chi connectivity index (χ2v) is 5.79. The molecule has 5 nitrogen and oxygen atoms in total. The molecule has 0 bridgehead atoms. The summed E-state index contributed by atoms with van der Waals surface area (Å²) in [6, 6.07) is 9.25. The lowest BCUT2D eigenvalue weighted by molar-refractivity contribution is -0.136. The van der Waals surface area contributed by atoms with Gasteiger partial charge in [-0.15, -0.1) is 0 Å². The van der Waals surface area contributed by atoms with E-state index in [2.05, 4.69) is 20.9 Å². The predicted octanol–water partition coefficient (Wildman–Crippen LogP) is 3.50. The molecule has 0 aromatic heterocycles. The number of carbonyl (C=O) groups is 2. The number of rotatable bonds is 4. The van der Waals surface area contributed by atoms with E-state index in [0.29, 0.717) is 0 Å². The van der Waals surface area contributed by atoms with E-state index in [1.54, 1.807) is 20.8 Å². The fourth-order valence-corrected chi connectivity index (χ4v) is 1.69. The van der Waals surface area contributed by atoms with Crippen LogP contribution in [0.25, 0.3) is 0 Å². The summed E-state index contributed by atoms with van der Waals surface area (Å²) in [4.78, 5) is 27.1. The Hall–Kier alpha value is -1.69. The number of ether oxygens (including phenoxy) is 2. The third-order valence-corrected chi connectivity index (χ3v) is 2.73. The van der Waals surface area contributed by atoms with E-state index in [1.165, 1.54) is 0 Å². The Morgan fingerprint density at radius 3 is 2.33 bits per heavy atom. The largest absolute Gasteiger partial charge is 0.456 e. The van der Waals surface area contributed by atoms with Crippen molar-refractivity contribution in [3.8, 4) is 0 Å². The van der Waals surface area contributed by atoms with Gasteiger partial charge in [-0.2, -0.15) is 4.99 Å². The van der Waals surface area contributed by atoms with Gasteiger partial charge >= 0.3 is 12.1 Å². The first-order valence-electron chi connectivity index (χ1n) is 6.39. The maximum absolute atomic E-state index is 11.9. The molecule has 0 unspecified atom stereocenters. The molecule has 114 valence electrons. The van der Waals surface area contributed by atoms with Gasteiger partial charge in [-0.25, -0.2) is 9.59 Å². The van der Waals surface area contributed by atoms with Gasteiger partial charge in [0.05, 0.1) is 5.33 Å². The molecule has 0 fully saturated rings. The summed E-state index contributed by atoms with van der Waals surface area (Å²) < 4.78 is 10.1. The molecule has 1 aromatic rings. The molecule has 0 heterocycles. The van der Waals surface area contributed by atoms with Gasteiger partial charge in [0.15, 0.2) is 0 Å². The van der Waals surface area contributed by atoms with E-state index >= 15 is 0 Å². The summed E-state index contributed by atoms with van der Waals surface area (Å²) in [5.41, 5.74) is 0.170. The Labute approximate surface area is 132 Å². The molecule has 0 saturated heterocycles. The van der Waals surface area contributed by atoms with Crippen LogP contribution in [0.15, 0.2) is 35.3 Å². The summed E-state index contributed by atoms with van der Waals surface area (Å²) in [7, 11) is 0. The normalized spacial score (nSPS) is 11.9. The quantitative estimate of drug-likeness (QED) is 0.471. The Kier molecular flexibility index (Phi) is 6.55. The highest BCUT2D eigenvalue weighted by Gasteiger charge is 2.19. The number of carbonyl (C=O) groups excluding carboxylic acids is 2. The van der Waals surface area contributed by atoms with Gasteiger partial charge in [-0.1, -0.05) is 46.3 Å². The molecule has 0 aliphatic carbocycles. The van der Waals surface area contributed by atoms with Gasteiger partial charge < -0.3 is 9.47 Å². The van der Waals surface area contributed by atoms with Crippen molar-refractivity contribution < 1.29 is 19.1 Å². The molecule has 0 spiro atoms. The summed E-state index contributed by atoms with van der Waals surface area (Å²) in [6.07, 6.45) is -0.811. The van der Waals surface area contributed by atoms with Crippen molar-refractivity contribution in [2.24, 2.45) is 4.99 Å². The van der Waals surface area contributed by atoms with Crippen molar-refractivity contribution in [3.63, 3.8) is 0 Å². The van der Waals surface area contributed by atoms with Crippen LogP contribution in [0.4, 0.5) is 4.79 Å². The van der Waals surface area contributed by atoms with Crippen molar-refractivity contribution in [2.45, 2.75) is 33.0 Å². The number of nitrogens with zero attached hydrogens (tertiary/aromatic N) is 1. The molecule has 6 heteroatoms. The van der Waals surface area contributed by atoms with Crippen LogP contribution < -0.4 is 0 Å². The van der Waals surface area contributed by atoms with E-state index in [4.69, 9.17) is 9.47 Å². The van der Waals surface area contributed by atoms with Crippen LogP contribution in [0.5, 0.6) is 0 Å². The van der Waals surface area contributed by atoms with Gasteiger partial charge in [-0.3, -0.25) is 0 Å². The molecule has 1 aromatic carbocycles. The van der Waals surface area contributed by atoms with Crippen LogP contribution in [-0.2, 0) is 20.9 Å². The van der Waals surface area contributed by atoms with Crippen LogP contribution in [0.1, 0.15) is 26.3 Å². The monoisotopic (exact) mass is 355 g/mol. The molecular formula is C15H18BrNO4. The molecule has 1 rings (SSSR count). The zero-order chi connectivity index (χ0) is 15.9. The standard InChI is InChI=1S/C15H18BrNO4/c1-15(2,3)21-14(19)17-12(9-16)13(18)20-10-11-7-5-4-6-8-11/h4-8H,9-10H2,1-3H3. The highest BCUT2D eigenvalue weighted by Crippen LogP contribution is 2.09. The summed E-state index contributed by atoms with van der Waals surface area (Å²) in [6.45, 7) is 5.30. The zero-order valence-corrected chi connectivity index (χ0v) is 13.8. The number of alkyl halides is 1. The highest BCUT2D eigenvalue weighted by molar-refractivity contribution is 9.09. The van der Waals surface area contributed by atoms with Crippen LogP contribution in [-0.4, -0.2) is 28.7 Å². The molecule has 0 atom stereocenters. The van der Waals surface area contributed by atoms with Gasteiger partial charge in [0.1, 0.15) is 17.9 Å². The molecule has 0 aliphatic heterocycles. The Morgan fingerprint density at radius 1 is 1.19 bits per heavy atom. The number of hydrogen-bond acceptors (Lipinski definition) is 4. The lowest BCUT2D eigenvalue weighted by Gasteiger charge is -2.17. The van der Waals surface area contributed by atoms with Gasteiger partial charge in [0.2, 0.25) is 0 Å². The zero-order valence-electron chi connectivity index (χ0n) is 12.3. The van der Waals surface area contributed by atoms with E-state index < -0.39 is 17.7 Å². The Balaban J connectivity index is 2.62. The highest BCUT2D eigenvalue weighted by atomic mass is 79.9. The van der Waals surface area contributed by atoms with Crippen molar-refractivity contribution >= 4 is 33.7 Å². The maximum Gasteiger partial charge on any atom is 0.434 e. The smallest absolute Gasteiger partial charge is 0.434 e. The first-order chi connectivity index (χ1) is 9.81. The molecular weight excluding hydrogens is 338 g/mol. The fourth-order valence-electron chi connectivity index (χ4n) is 1.33. The lowest BCUT2D eigenvalue weighted by Crippen LogP contribution is -2.25. The second kappa shape index (κ2) is 7.93. The number of esters is 1. The van der Waals surface area contributed by atoms with Crippen LogP contribution in [0.3, 0.4) is 0 Å². The summed E-state index contributed by atoms with van der Waals surface area (Å²) in [5.74, 6) is -0.651. The lowest BCUT2D eigenvalue weighted by atomic mass is 10.2.